The number of aliphatic carboxylic acids is 1. The summed E-state index contributed by atoms with van der Waals surface area (Å²) in [5.74, 6) is -0.617. The van der Waals surface area contributed by atoms with Crippen LogP contribution in [0.5, 0.6) is 0 Å². The smallest absolute Gasteiger partial charge is 0.422 e. The summed E-state index contributed by atoms with van der Waals surface area (Å²) in [6, 6.07) is 0. The van der Waals surface area contributed by atoms with Crippen molar-refractivity contribution in [1.82, 2.24) is 9.44 Å². The Morgan fingerprint density at radius 1 is 1.42 bits per heavy atom. The summed E-state index contributed by atoms with van der Waals surface area (Å²) in [5.41, 5.74) is -1.57. The SMILES string of the molecule is CC(C)OC(=O)NS(=O)(=O)NC1(C(=O)O)CCSC1. The maximum absolute atomic E-state index is 11.7. The highest BCUT2D eigenvalue weighted by molar-refractivity contribution is 7.99. The lowest BCUT2D eigenvalue weighted by Crippen LogP contribution is -2.58. The van der Waals surface area contributed by atoms with Crippen LogP contribution in [0.4, 0.5) is 4.79 Å². The van der Waals surface area contributed by atoms with Gasteiger partial charge in [0.2, 0.25) is 0 Å². The van der Waals surface area contributed by atoms with Crippen LogP contribution in [-0.4, -0.2) is 48.7 Å². The van der Waals surface area contributed by atoms with E-state index in [-0.39, 0.29) is 12.2 Å². The first kappa shape index (κ1) is 16.1. The Morgan fingerprint density at radius 2 is 2.05 bits per heavy atom. The van der Waals surface area contributed by atoms with E-state index in [4.69, 9.17) is 5.11 Å². The minimum atomic E-state index is -4.28. The van der Waals surface area contributed by atoms with Crippen LogP contribution in [0.25, 0.3) is 0 Å². The lowest BCUT2D eigenvalue weighted by atomic mass is 10.0. The van der Waals surface area contributed by atoms with E-state index < -0.39 is 33.9 Å². The van der Waals surface area contributed by atoms with Crippen molar-refractivity contribution in [3.8, 4) is 0 Å². The third-order valence-corrected chi connectivity index (χ3v) is 4.61. The molecule has 0 aromatic heterocycles. The molecule has 1 unspecified atom stereocenters. The molecular formula is C9H16N2O6S2. The van der Waals surface area contributed by atoms with Crippen LogP contribution in [0.3, 0.4) is 0 Å². The Morgan fingerprint density at radius 3 is 2.47 bits per heavy atom. The fourth-order valence-electron chi connectivity index (χ4n) is 1.49. The molecule has 0 aromatic rings. The van der Waals surface area contributed by atoms with E-state index in [0.717, 1.165) is 0 Å². The average molecular weight is 312 g/mol. The Labute approximate surface area is 115 Å². The van der Waals surface area contributed by atoms with E-state index in [1.807, 2.05) is 4.72 Å². The van der Waals surface area contributed by atoms with E-state index in [1.165, 1.54) is 11.8 Å². The maximum Gasteiger partial charge on any atom is 0.422 e. The largest absolute Gasteiger partial charge is 0.480 e. The van der Waals surface area contributed by atoms with E-state index >= 15 is 0 Å². The van der Waals surface area contributed by atoms with Crippen LogP contribution >= 0.6 is 11.8 Å². The number of ether oxygens (including phenoxy) is 1. The topological polar surface area (TPSA) is 122 Å². The Bertz CT molecular complexity index is 455. The van der Waals surface area contributed by atoms with Crippen LogP contribution in [0.2, 0.25) is 0 Å². The number of carbonyl (C=O) groups is 2. The molecule has 0 radical (unpaired) electrons. The molecule has 110 valence electrons. The molecule has 1 fully saturated rings. The van der Waals surface area contributed by atoms with Gasteiger partial charge in [-0.2, -0.15) is 24.9 Å². The number of thioether (sulfide) groups is 1. The van der Waals surface area contributed by atoms with Gasteiger partial charge in [0.05, 0.1) is 6.10 Å². The molecule has 1 atom stereocenters. The second kappa shape index (κ2) is 5.97. The lowest BCUT2D eigenvalue weighted by molar-refractivity contribution is -0.143. The quantitative estimate of drug-likeness (QED) is 0.648. The maximum atomic E-state index is 11.7. The summed E-state index contributed by atoms with van der Waals surface area (Å²) < 4.78 is 31.6. The van der Waals surface area contributed by atoms with Crippen LogP contribution in [0.15, 0.2) is 0 Å². The molecule has 0 aliphatic carbocycles. The monoisotopic (exact) mass is 312 g/mol. The molecule has 1 aliphatic heterocycles. The van der Waals surface area contributed by atoms with Gasteiger partial charge in [-0.25, -0.2) is 9.52 Å². The molecular weight excluding hydrogens is 296 g/mol. The highest BCUT2D eigenvalue weighted by atomic mass is 32.2. The molecule has 0 spiro atoms. The van der Waals surface area contributed by atoms with Gasteiger partial charge in [0, 0.05) is 5.75 Å². The van der Waals surface area contributed by atoms with Gasteiger partial charge >= 0.3 is 22.3 Å². The molecule has 8 nitrogen and oxygen atoms in total. The van der Waals surface area contributed by atoms with Gasteiger partial charge in [-0.1, -0.05) is 0 Å². The fourth-order valence-corrected chi connectivity index (χ4v) is 4.00. The number of nitrogens with one attached hydrogen (secondary N) is 2. The molecule has 0 bridgehead atoms. The first-order valence-electron chi connectivity index (χ1n) is 5.50. The van der Waals surface area contributed by atoms with Crippen LogP contribution < -0.4 is 9.44 Å². The third kappa shape index (κ3) is 4.55. The van der Waals surface area contributed by atoms with E-state index in [0.29, 0.717) is 5.75 Å². The predicted octanol–water partition coefficient (Wildman–Crippen LogP) is -0.0843. The second-order valence-corrected chi connectivity index (χ2v) is 6.87. The first-order valence-corrected chi connectivity index (χ1v) is 8.14. The van der Waals surface area contributed by atoms with Crippen molar-refractivity contribution < 1.29 is 27.9 Å². The van der Waals surface area contributed by atoms with E-state index in [1.54, 1.807) is 18.6 Å². The number of carbonyl (C=O) groups excluding carboxylic acids is 1. The third-order valence-electron chi connectivity index (χ3n) is 2.32. The van der Waals surface area contributed by atoms with Crippen LogP contribution in [-0.2, 0) is 19.7 Å². The van der Waals surface area contributed by atoms with Crippen molar-refractivity contribution in [3.05, 3.63) is 0 Å². The molecule has 1 amide bonds. The zero-order chi connectivity index (χ0) is 14.7. The first-order chi connectivity index (χ1) is 8.67. The Hall–Kier alpha value is -1.00. The van der Waals surface area contributed by atoms with Crippen molar-refractivity contribution in [1.29, 1.82) is 0 Å². The summed E-state index contributed by atoms with van der Waals surface area (Å²) in [4.78, 5) is 22.4. The van der Waals surface area contributed by atoms with Gasteiger partial charge in [0.25, 0.3) is 0 Å². The summed E-state index contributed by atoms with van der Waals surface area (Å²) in [7, 11) is -4.28. The molecule has 3 N–H and O–H groups in total. The Kier molecular flexibility index (Phi) is 5.04. The number of hydrogen-bond acceptors (Lipinski definition) is 6. The number of hydrogen-bond donors (Lipinski definition) is 3. The summed E-state index contributed by atoms with van der Waals surface area (Å²) in [6.45, 7) is 3.12. The van der Waals surface area contributed by atoms with Gasteiger partial charge in [-0.05, 0) is 26.0 Å². The normalized spacial score (nSPS) is 23.3. The van der Waals surface area contributed by atoms with Crippen molar-refractivity contribution in [3.63, 3.8) is 0 Å². The summed E-state index contributed by atoms with van der Waals surface area (Å²) in [5, 5.41) is 9.12. The number of amides is 1. The van der Waals surface area contributed by atoms with Crippen molar-refractivity contribution in [2.24, 2.45) is 0 Å². The molecule has 1 saturated heterocycles. The van der Waals surface area contributed by atoms with Gasteiger partial charge in [-0.15, -0.1) is 0 Å². The zero-order valence-electron chi connectivity index (χ0n) is 10.5. The minimum absolute atomic E-state index is 0.114. The van der Waals surface area contributed by atoms with Gasteiger partial charge in [-0.3, -0.25) is 4.79 Å². The standard InChI is InChI=1S/C9H16N2O6S2/c1-6(2)17-8(14)10-19(15,16)11-9(7(12)13)3-4-18-5-9/h6,11H,3-5H2,1-2H3,(H,10,14)(H,12,13). The molecule has 1 aliphatic rings. The molecule has 0 aromatic carbocycles. The molecule has 10 heteroatoms. The van der Waals surface area contributed by atoms with E-state index in [2.05, 4.69) is 4.74 Å². The second-order valence-electron chi connectivity index (χ2n) is 4.35. The number of carboxylic acids is 1. The predicted molar refractivity (Wildman–Crippen MR) is 69.1 cm³/mol. The van der Waals surface area contributed by atoms with Crippen molar-refractivity contribution in [2.45, 2.75) is 31.9 Å². The molecule has 0 saturated carbocycles. The van der Waals surface area contributed by atoms with Gasteiger partial charge in [0.1, 0.15) is 5.54 Å². The lowest BCUT2D eigenvalue weighted by Gasteiger charge is -2.24. The van der Waals surface area contributed by atoms with Gasteiger partial charge < -0.3 is 9.84 Å². The number of carboxylic acid groups (broad SMARTS) is 1. The van der Waals surface area contributed by atoms with Crippen LogP contribution in [0.1, 0.15) is 20.3 Å². The Balaban J connectivity index is 2.73. The highest BCUT2D eigenvalue weighted by Gasteiger charge is 2.45. The summed E-state index contributed by atoms with van der Waals surface area (Å²) in [6.07, 6.45) is -1.47. The number of rotatable bonds is 5. The minimum Gasteiger partial charge on any atom is -0.480 e. The molecule has 1 heterocycles. The fraction of sp³-hybridized carbons (Fsp3) is 0.778. The molecule has 1 rings (SSSR count). The zero-order valence-corrected chi connectivity index (χ0v) is 12.1. The summed E-state index contributed by atoms with van der Waals surface area (Å²) >= 11 is 1.33. The van der Waals surface area contributed by atoms with Crippen LogP contribution in [0, 0.1) is 0 Å². The van der Waals surface area contributed by atoms with Crippen molar-refractivity contribution >= 4 is 34.0 Å². The average Bonchev–Trinajstić information content (AvgIpc) is 2.63. The van der Waals surface area contributed by atoms with E-state index in [9.17, 15) is 18.0 Å². The molecule has 19 heavy (non-hydrogen) atoms. The van der Waals surface area contributed by atoms with Crippen molar-refractivity contribution in [2.75, 3.05) is 11.5 Å². The van der Waals surface area contributed by atoms with Gasteiger partial charge in [0.15, 0.2) is 0 Å². The highest BCUT2D eigenvalue weighted by Crippen LogP contribution is 2.28.